The van der Waals surface area contributed by atoms with Crippen molar-refractivity contribution < 1.29 is 9.47 Å². The van der Waals surface area contributed by atoms with E-state index in [9.17, 15) is 0 Å². The van der Waals surface area contributed by atoms with Gasteiger partial charge in [-0.1, -0.05) is 13.8 Å². The van der Waals surface area contributed by atoms with E-state index in [2.05, 4.69) is 24.9 Å². The Morgan fingerprint density at radius 2 is 2.00 bits per heavy atom. The predicted molar refractivity (Wildman–Crippen MR) is 55.6 cm³/mol. The summed E-state index contributed by atoms with van der Waals surface area (Å²) in [5, 5.41) is 0. The quantitative estimate of drug-likeness (QED) is 0.739. The fourth-order valence-electron chi connectivity index (χ4n) is 1.23. The molecule has 0 fully saturated rings. The lowest BCUT2D eigenvalue weighted by atomic mass is 10.1. The molecule has 1 heterocycles. The van der Waals surface area contributed by atoms with Crippen LogP contribution in [0.25, 0.3) is 0 Å². The van der Waals surface area contributed by atoms with E-state index in [0.717, 1.165) is 11.3 Å². The van der Waals surface area contributed by atoms with Crippen molar-refractivity contribution in [2.75, 3.05) is 14.2 Å². The summed E-state index contributed by atoms with van der Waals surface area (Å²) in [6, 6.07) is 3.95. The molecule has 0 N–H and O–H groups in total. The first-order chi connectivity index (χ1) is 6.67. The van der Waals surface area contributed by atoms with Gasteiger partial charge in [-0.25, -0.2) is 4.98 Å². The standard InChI is InChI=1S/C11H17NO2/c1-8(2)10-5-9(7-13-3)6-11(12-10)14-4/h5-6,8H,7H2,1-4H3. The zero-order chi connectivity index (χ0) is 10.6. The molecular weight excluding hydrogens is 178 g/mol. The lowest BCUT2D eigenvalue weighted by Crippen LogP contribution is -1.99. The summed E-state index contributed by atoms with van der Waals surface area (Å²) >= 11 is 0. The maximum absolute atomic E-state index is 5.13. The summed E-state index contributed by atoms with van der Waals surface area (Å²) in [6.07, 6.45) is 0. The summed E-state index contributed by atoms with van der Waals surface area (Å²) in [6.45, 7) is 4.81. The first-order valence-electron chi connectivity index (χ1n) is 4.71. The van der Waals surface area contributed by atoms with Gasteiger partial charge in [0.2, 0.25) is 5.88 Å². The summed E-state index contributed by atoms with van der Waals surface area (Å²) in [5.74, 6) is 1.06. The van der Waals surface area contributed by atoms with E-state index >= 15 is 0 Å². The van der Waals surface area contributed by atoms with Gasteiger partial charge < -0.3 is 9.47 Å². The molecule has 78 valence electrons. The third-order valence-electron chi connectivity index (χ3n) is 1.99. The van der Waals surface area contributed by atoms with Crippen LogP contribution in [-0.2, 0) is 11.3 Å². The Hall–Kier alpha value is -1.09. The van der Waals surface area contributed by atoms with Gasteiger partial charge in [0.05, 0.1) is 13.7 Å². The molecule has 0 aliphatic heterocycles. The van der Waals surface area contributed by atoms with E-state index in [-0.39, 0.29) is 0 Å². The van der Waals surface area contributed by atoms with Crippen molar-refractivity contribution in [3.05, 3.63) is 23.4 Å². The Morgan fingerprint density at radius 1 is 1.29 bits per heavy atom. The van der Waals surface area contributed by atoms with Gasteiger partial charge in [0.25, 0.3) is 0 Å². The van der Waals surface area contributed by atoms with Crippen LogP contribution >= 0.6 is 0 Å². The average Bonchev–Trinajstić information content (AvgIpc) is 2.17. The van der Waals surface area contributed by atoms with Crippen LogP contribution in [0.3, 0.4) is 0 Å². The molecule has 0 aliphatic carbocycles. The summed E-state index contributed by atoms with van der Waals surface area (Å²) in [5.41, 5.74) is 2.14. The van der Waals surface area contributed by atoms with E-state index in [1.165, 1.54) is 0 Å². The topological polar surface area (TPSA) is 31.4 Å². The smallest absolute Gasteiger partial charge is 0.213 e. The molecule has 0 unspecified atom stereocenters. The van der Waals surface area contributed by atoms with Crippen molar-refractivity contribution in [1.29, 1.82) is 0 Å². The van der Waals surface area contributed by atoms with Crippen LogP contribution in [-0.4, -0.2) is 19.2 Å². The number of hydrogen-bond acceptors (Lipinski definition) is 3. The molecule has 0 atom stereocenters. The van der Waals surface area contributed by atoms with Gasteiger partial charge in [-0.15, -0.1) is 0 Å². The minimum Gasteiger partial charge on any atom is -0.481 e. The monoisotopic (exact) mass is 195 g/mol. The van der Waals surface area contributed by atoms with Gasteiger partial charge in [0, 0.05) is 18.9 Å². The Kier molecular flexibility index (Phi) is 3.89. The highest BCUT2D eigenvalue weighted by Crippen LogP contribution is 2.19. The van der Waals surface area contributed by atoms with Crippen molar-refractivity contribution in [1.82, 2.24) is 4.98 Å². The average molecular weight is 195 g/mol. The largest absolute Gasteiger partial charge is 0.481 e. The molecule has 0 spiro atoms. The van der Waals surface area contributed by atoms with Crippen molar-refractivity contribution in [3.63, 3.8) is 0 Å². The molecule has 1 rings (SSSR count). The molecule has 3 nitrogen and oxygen atoms in total. The highest BCUT2D eigenvalue weighted by atomic mass is 16.5. The van der Waals surface area contributed by atoms with E-state index in [1.807, 2.05) is 6.07 Å². The Balaban J connectivity index is 3.00. The fraction of sp³-hybridized carbons (Fsp3) is 0.545. The van der Waals surface area contributed by atoms with Gasteiger partial charge >= 0.3 is 0 Å². The van der Waals surface area contributed by atoms with Crippen molar-refractivity contribution in [2.24, 2.45) is 0 Å². The minimum absolute atomic E-state index is 0.403. The number of methoxy groups -OCH3 is 2. The zero-order valence-electron chi connectivity index (χ0n) is 9.20. The number of pyridine rings is 1. The number of ether oxygens (including phenoxy) is 2. The zero-order valence-corrected chi connectivity index (χ0v) is 9.20. The van der Waals surface area contributed by atoms with Crippen LogP contribution in [0, 0.1) is 0 Å². The molecule has 0 aliphatic rings. The molecule has 1 aromatic heterocycles. The SMILES string of the molecule is COCc1cc(OC)nc(C(C)C)c1. The maximum Gasteiger partial charge on any atom is 0.213 e. The molecule has 14 heavy (non-hydrogen) atoms. The van der Waals surface area contributed by atoms with Crippen LogP contribution in [0.1, 0.15) is 31.0 Å². The van der Waals surface area contributed by atoms with Crippen LogP contribution in [0.2, 0.25) is 0 Å². The molecule has 0 amide bonds. The van der Waals surface area contributed by atoms with Gasteiger partial charge in [-0.3, -0.25) is 0 Å². The third kappa shape index (κ3) is 2.70. The molecular formula is C11H17NO2. The maximum atomic E-state index is 5.13. The van der Waals surface area contributed by atoms with E-state index < -0.39 is 0 Å². The third-order valence-corrected chi connectivity index (χ3v) is 1.99. The van der Waals surface area contributed by atoms with Crippen molar-refractivity contribution >= 4 is 0 Å². The predicted octanol–water partition coefficient (Wildman–Crippen LogP) is 2.36. The fourth-order valence-corrected chi connectivity index (χ4v) is 1.23. The van der Waals surface area contributed by atoms with Gasteiger partial charge in [0.1, 0.15) is 0 Å². The first kappa shape index (κ1) is 11.0. The molecule has 3 heteroatoms. The van der Waals surface area contributed by atoms with Crippen molar-refractivity contribution in [3.8, 4) is 5.88 Å². The number of nitrogens with zero attached hydrogens (tertiary/aromatic N) is 1. The summed E-state index contributed by atoms with van der Waals surface area (Å²) in [7, 11) is 3.31. The normalized spacial score (nSPS) is 10.6. The van der Waals surface area contributed by atoms with Crippen LogP contribution in [0.5, 0.6) is 5.88 Å². The van der Waals surface area contributed by atoms with Gasteiger partial charge in [0.15, 0.2) is 0 Å². The van der Waals surface area contributed by atoms with Crippen LogP contribution < -0.4 is 4.74 Å². The Morgan fingerprint density at radius 3 is 2.50 bits per heavy atom. The minimum atomic E-state index is 0.403. The van der Waals surface area contributed by atoms with Crippen LogP contribution in [0.4, 0.5) is 0 Å². The van der Waals surface area contributed by atoms with Crippen molar-refractivity contribution in [2.45, 2.75) is 26.4 Å². The number of aromatic nitrogens is 1. The highest BCUT2D eigenvalue weighted by molar-refractivity contribution is 5.26. The molecule has 0 bridgehead atoms. The molecule has 0 saturated carbocycles. The second-order valence-electron chi connectivity index (χ2n) is 3.53. The number of rotatable bonds is 4. The van der Waals surface area contributed by atoms with E-state index in [4.69, 9.17) is 9.47 Å². The summed E-state index contributed by atoms with van der Waals surface area (Å²) in [4.78, 5) is 4.36. The lowest BCUT2D eigenvalue weighted by Gasteiger charge is -2.09. The van der Waals surface area contributed by atoms with E-state index in [0.29, 0.717) is 18.4 Å². The first-order valence-corrected chi connectivity index (χ1v) is 4.71. The molecule has 0 saturated heterocycles. The molecule has 1 aromatic rings. The summed E-state index contributed by atoms with van der Waals surface area (Å²) < 4.78 is 10.2. The Labute approximate surface area is 85.1 Å². The lowest BCUT2D eigenvalue weighted by molar-refractivity contribution is 0.184. The van der Waals surface area contributed by atoms with Gasteiger partial charge in [-0.05, 0) is 17.5 Å². The van der Waals surface area contributed by atoms with Crippen LogP contribution in [0.15, 0.2) is 12.1 Å². The highest BCUT2D eigenvalue weighted by Gasteiger charge is 2.06. The second kappa shape index (κ2) is 4.96. The second-order valence-corrected chi connectivity index (χ2v) is 3.53. The van der Waals surface area contributed by atoms with E-state index in [1.54, 1.807) is 14.2 Å². The van der Waals surface area contributed by atoms with Gasteiger partial charge in [-0.2, -0.15) is 0 Å². The Bertz CT molecular complexity index is 297. The molecule has 0 radical (unpaired) electrons. The number of hydrogen-bond donors (Lipinski definition) is 0. The molecule has 0 aromatic carbocycles.